The van der Waals surface area contributed by atoms with E-state index in [9.17, 15) is 0 Å². The molecule has 0 aromatic carbocycles. The molecule has 0 radical (unpaired) electrons. The average Bonchev–Trinajstić information content (AvgIpc) is 2.57. The first-order chi connectivity index (χ1) is 6.34. The molecular formula is C8H13N3OS. The molecule has 1 aliphatic heterocycles. The van der Waals surface area contributed by atoms with Crippen LogP contribution in [0, 0.1) is 0 Å². The van der Waals surface area contributed by atoms with E-state index in [2.05, 4.69) is 21.8 Å². The fraction of sp³-hybridized carbons (Fsp3) is 0.750. The van der Waals surface area contributed by atoms with Gasteiger partial charge < -0.3 is 10.1 Å². The van der Waals surface area contributed by atoms with E-state index in [1.165, 1.54) is 11.5 Å². The predicted octanol–water partition coefficient (Wildman–Crippen LogP) is 1.52. The summed E-state index contributed by atoms with van der Waals surface area (Å²) in [4.78, 5) is 0. The van der Waals surface area contributed by atoms with Crippen molar-refractivity contribution in [1.29, 1.82) is 0 Å². The van der Waals surface area contributed by atoms with Gasteiger partial charge in [0.25, 0.3) is 0 Å². The molecule has 5 heteroatoms. The summed E-state index contributed by atoms with van der Waals surface area (Å²) in [6, 6.07) is 0.519. The van der Waals surface area contributed by atoms with Crippen molar-refractivity contribution in [3.05, 3.63) is 6.20 Å². The van der Waals surface area contributed by atoms with Crippen LogP contribution in [0.5, 0.6) is 0 Å². The van der Waals surface area contributed by atoms with Gasteiger partial charge in [0.05, 0.1) is 12.3 Å². The van der Waals surface area contributed by atoms with Crippen LogP contribution in [-0.4, -0.2) is 28.3 Å². The number of rotatable bonds is 2. The molecule has 1 N–H and O–H groups in total. The highest BCUT2D eigenvalue weighted by Gasteiger charge is 2.19. The maximum absolute atomic E-state index is 5.46. The van der Waals surface area contributed by atoms with Gasteiger partial charge in [-0.3, -0.25) is 0 Å². The molecule has 13 heavy (non-hydrogen) atoms. The van der Waals surface area contributed by atoms with E-state index in [-0.39, 0.29) is 0 Å². The third-order valence-electron chi connectivity index (χ3n) is 2.19. The number of hydrogen-bond donors (Lipinski definition) is 1. The molecule has 4 nitrogen and oxygen atoms in total. The summed E-state index contributed by atoms with van der Waals surface area (Å²) in [5.41, 5.74) is 0. The summed E-state index contributed by atoms with van der Waals surface area (Å²) in [5, 5.41) is 8.24. The SMILES string of the molecule is CC1CC(Nc2cnns2)CCO1. The molecule has 1 saturated heterocycles. The molecule has 2 unspecified atom stereocenters. The Morgan fingerprint density at radius 3 is 3.31 bits per heavy atom. The predicted molar refractivity (Wildman–Crippen MR) is 52.0 cm³/mol. The first-order valence-electron chi connectivity index (χ1n) is 4.50. The van der Waals surface area contributed by atoms with Gasteiger partial charge in [-0.1, -0.05) is 4.49 Å². The van der Waals surface area contributed by atoms with E-state index >= 15 is 0 Å². The number of aromatic nitrogens is 2. The van der Waals surface area contributed by atoms with Crippen LogP contribution >= 0.6 is 11.5 Å². The average molecular weight is 199 g/mol. The number of anilines is 1. The lowest BCUT2D eigenvalue weighted by molar-refractivity contribution is 0.0233. The minimum absolute atomic E-state index is 0.368. The first kappa shape index (κ1) is 8.90. The van der Waals surface area contributed by atoms with Crippen LogP contribution in [0.1, 0.15) is 19.8 Å². The lowest BCUT2D eigenvalue weighted by Crippen LogP contribution is -2.32. The maximum atomic E-state index is 5.46. The number of ether oxygens (including phenoxy) is 1. The summed E-state index contributed by atoms with van der Waals surface area (Å²) in [6.45, 7) is 2.96. The normalized spacial score (nSPS) is 28.7. The molecule has 0 spiro atoms. The molecule has 2 rings (SSSR count). The quantitative estimate of drug-likeness (QED) is 0.784. The lowest BCUT2D eigenvalue weighted by Gasteiger charge is -2.27. The smallest absolute Gasteiger partial charge is 0.130 e. The second-order valence-corrected chi connectivity index (χ2v) is 4.11. The van der Waals surface area contributed by atoms with Crippen LogP contribution in [0.4, 0.5) is 5.00 Å². The van der Waals surface area contributed by atoms with Gasteiger partial charge in [0, 0.05) is 24.2 Å². The Hall–Kier alpha value is -0.680. The Bertz CT molecular complexity index is 252. The fourth-order valence-electron chi connectivity index (χ4n) is 1.56. The zero-order valence-electron chi connectivity index (χ0n) is 7.56. The van der Waals surface area contributed by atoms with Gasteiger partial charge >= 0.3 is 0 Å². The van der Waals surface area contributed by atoms with Gasteiger partial charge in [-0.05, 0) is 19.8 Å². The number of nitrogens with one attached hydrogen (secondary N) is 1. The van der Waals surface area contributed by atoms with Crippen molar-refractivity contribution in [3.8, 4) is 0 Å². The minimum Gasteiger partial charge on any atom is -0.378 e. The molecule has 0 bridgehead atoms. The van der Waals surface area contributed by atoms with Crippen LogP contribution in [0.25, 0.3) is 0 Å². The summed E-state index contributed by atoms with van der Waals surface area (Å²) in [5.74, 6) is 0. The Morgan fingerprint density at radius 1 is 1.69 bits per heavy atom. The van der Waals surface area contributed by atoms with Crippen molar-refractivity contribution in [1.82, 2.24) is 9.59 Å². The van der Waals surface area contributed by atoms with E-state index in [1.807, 2.05) is 0 Å². The second kappa shape index (κ2) is 4.02. The summed E-state index contributed by atoms with van der Waals surface area (Å²) >= 11 is 1.40. The second-order valence-electron chi connectivity index (χ2n) is 3.33. The van der Waals surface area contributed by atoms with Crippen LogP contribution in [0.2, 0.25) is 0 Å². The molecule has 1 aliphatic rings. The fourth-order valence-corrected chi connectivity index (χ4v) is 2.06. The van der Waals surface area contributed by atoms with Crippen molar-refractivity contribution in [2.24, 2.45) is 0 Å². The zero-order chi connectivity index (χ0) is 9.10. The number of nitrogens with zero attached hydrogens (tertiary/aromatic N) is 2. The van der Waals surface area contributed by atoms with Gasteiger partial charge in [0.2, 0.25) is 0 Å². The summed E-state index contributed by atoms with van der Waals surface area (Å²) in [6.07, 6.45) is 4.28. The molecule has 0 saturated carbocycles. The van der Waals surface area contributed by atoms with E-state index in [1.54, 1.807) is 6.20 Å². The zero-order valence-corrected chi connectivity index (χ0v) is 8.38. The highest BCUT2D eigenvalue weighted by molar-refractivity contribution is 7.09. The van der Waals surface area contributed by atoms with Crippen LogP contribution in [0.15, 0.2) is 6.20 Å². The Labute approximate surface area is 81.5 Å². The van der Waals surface area contributed by atoms with Crippen LogP contribution in [-0.2, 0) is 4.74 Å². The molecular weight excluding hydrogens is 186 g/mol. The maximum Gasteiger partial charge on any atom is 0.130 e. The standard InChI is InChI=1S/C8H13N3OS/c1-6-4-7(2-3-12-6)10-8-5-9-11-13-8/h5-7,10H,2-4H2,1H3. The molecule has 72 valence electrons. The van der Waals surface area contributed by atoms with Crippen LogP contribution < -0.4 is 5.32 Å². The molecule has 1 aromatic rings. The van der Waals surface area contributed by atoms with Gasteiger partial charge in [0.15, 0.2) is 0 Å². The molecule has 0 amide bonds. The van der Waals surface area contributed by atoms with E-state index in [0.29, 0.717) is 12.1 Å². The van der Waals surface area contributed by atoms with Crippen molar-refractivity contribution in [2.75, 3.05) is 11.9 Å². The van der Waals surface area contributed by atoms with Crippen molar-refractivity contribution >= 4 is 16.5 Å². The van der Waals surface area contributed by atoms with Gasteiger partial charge in [0.1, 0.15) is 5.00 Å². The third-order valence-corrected chi connectivity index (χ3v) is 2.79. The topological polar surface area (TPSA) is 47.0 Å². The molecule has 1 aromatic heterocycles. The lowest BCUT2D eigenvalue weighted by atomic mass is 10.0. The minimum atomic E-state index is 0.368. The first-order valence-corrected chi connectivity index (χ1v) is 5.27. The van der Waals surface area contributed by atoms with E-state index in [0.717, 1.165) is 24.4 Å². The van der Waals surface area contributed by atoms with Crippen molar-refractivity contribution < 1.29 is 4.74 Å². The van der Waals surface area contributed by atoms with Crippen LogP contribution in [0.3, 0.4) is 0 Å². The Balaban J connectivity index is 1.87. The van der Waals surface area contributed by atoms with Crippen molar-refractivity contribution in [2.45, 2.75) is 31.9 Å². The van der Waals surface area contributed by atoms with Crippen molar-refractivity contribution in [3.63, 3.8) is 0 Å². The largest absolute Gasteiger partial charge is 0.378 e. The Kier molecular flexibility index (Phi) is 2.75. The summed E-state index contributed by atoms with van der Waals surface area (Å²) < 4.78 is 9.26. The molecule has 2 heterocycles. The van der Waals surface area contributed by atoms with E-state index in [4.69, 9.17) is 4.74 Å². The monoisotopic (exact) mass is 199 g/mol. The van der Waals surface area contributed by atoms with Gasteiger partial charge in [-0.25, -0.2) is 0 Å². The molecule has 2 atom stereocenters. The highest BCUT2D eigenvalue weighted by Crippen LogP contribution is 2.19. The molecule has 1 fully saturated rings. The van der Waals surface area contributed by atoms with E-state index < -0.39 is 0 Å². The Morgan fingerprint density at radius 2 is 2.62 bits per heavy atom. The number of hydrogen-bond acceptors (Lipinski definition) is 5. The highest BCUT2D eigenvalue weighted by atomic mass is 32.1. The molecule has 0 aliphatic carbocycles. The summed E-state index contributed by atoms with van der Waals surface area (Å²) in [7, 11) is 0. The van der Waals surface area contributed by atoms with Gasteiger partial charge in [-0.2, -0.15) is 0 Å². The third kappa shape index (κ3) is 2.38. The van der Waals surface area contributed by atoms with Gasteiger partial charge in [-0.15, -0.1) is 5.10 Å².